The van der Waals surface area contributed by atoms with Crippen LogP contribution in [0.5, 0.6) is 0 Å². The highest BCUT2D eigenvalue weighted by Gasteiger charge is 2.11. The Morgan fingerprint density at radius 1 is 1.36 bits per heavy atom. The van der Waals surface area contributed by atoms with Crippen LogP contribution in [0.3, 0.4) is 0 Å². The summed E-state index contributed by atoms with van der Waals surface area (Å²) in [5.41, 5.74) is 0. The van der Waals surface area contributed by atoms with E-state index in [2.05, 4.69) is 20.8 Å². The van der Waals surface area contributed by atoms with Crippen LogP contribution in [0.25, 0.3) is 0 Å². The summed E-state index contributed by atoms with van der Waals surface area (Å²) in [5.74, 6) is 1.28. The summed E-state index contributed by atoms with van der Waals surface area (Å²) in [6.45, 7) is 6.59. The topological polar surface area (TPSA) is 17.1 Å². The van der Waals surface area contributed by atoms with E-state index in [-0.39, 0.29) is 0 Å². The quantitative estimate of drug-likeness (QED) is 0.540. The number of carbonyl (C=O) groups excluding carboxylic acids is 1. The molecule has 0 rings (SSSR count). The van der Waals surface area contributed by atoms with Gasteiger partial charge in [0.25, 0.3) is 0 Å². The van der Waals surface area contributed by atoms with Gasteiger partial charge in [-0.2, -0.15) is 0 Å². The van der Waals surface area contributed by atoms with Gasteiger partial charge in [0.2, 0.25) is 0 Å². The zero-order chi connectivity index (χ0) is 8.69. The largest absolute Gasteiger partial charge is 0.303 e. The molecule has 0 aliphatic heterocycles. The van der Waals surface area contributed by atoms with E-state index in [1.165, 1.54) is 19.3 Å². The molecule has 11 heavy (non-hydrogen) atoms. The number of hydrogen-bond donors (Lipinski definition) is 0. The van der Waals surface area contributed by atoms with Crippen molar-refractivity contribution in [3.8, 4) is 0 Å². The second-order valence-corrected chi connectivity index (χ2v) is 3.55. The van der Waals surface area contributed by atoms with Crippen molar-refractivity contribution in [2.24, 2.45) is 11.8 Å². The Kier molecular flexibility index (Phi) is 6.19. The van der Waals surface area contributed by atoms with Crippen molar-refractivity contribution in [2.45, 2.75) is 46.5 Å². The molecule has 0 aliphatic rings. The summed E-state index contributed by atoms with van der Waals surface area (Å²) in [7, 11) is 0. The van der Waals surface area contributed by atoms with Crippen molar-refractivity contribution in [3.05, 3.63) is 0 Å². The highest BCUT2D eigenvalue weighted by Crippen LogP contribution is 2.20. The first kappa shape index (κ1) is 10.7. The fraction of sp³-hybridized carbons (Fsp3) is 0.900. The van der Waals surface area contributed by atoms with Crippen molar-refractivity contribution >= 4 is 6.29 Å². The van der Waals surface area contributed by atoms with Crippen LogP contribution in [0.1, 0.15) is 46.5 Å². The van der Waals surface area contributed by atoms with Gasteiger partial charge in [-0.1, -0.05) is 33.6 Å². The molecule has 0 saturated carbocycles. The van der Waals surface area contributed by atoms with Crippen LogP contribution in [0, 0.1) is 11.8 Å². The number of hydrogen-bond acceptors (Lipinski definition) is 1. The van der Waals surface area contributed by atoms with Crippen molar-refractivity contribution in [2.75, 3.05) is 0 Å². The van der Waals surface area contributed by atoms with E-state index in [1.54, 1.807) is 0 Å². The molecule has 0 aromatic carbocycles. The minimum Gasteiger partial charge on any atom is -0.303 e. The van der Waals surface area contributed by atoms with Crippen molar-refractivity contribution < 1.29 is 4.79 Å². The molecular weight excluding hydrogens is 136 g/mol. The third-order valence-electron chi connectivity index (χ3n) is 2.27. The highest BCUT2D eigenvalue weighted by atomic mass is 16.1. The van der Waals surface area contributed by atoms with Gasteiger partial charge in [0.15, 0.2) is 0 Å². The van der Waals surface area contributed by atoms with E-state index in [0.717, 1.165) is 12.7 Å². The molecule has 0 aliphatic carbocycles. The Hall–Kier alpha value is -0.330. The van der Waals surface area contributed by atoms with Crippen LogP contribution in [-0.4, -0.2) is 6.29 Å². The Morgan fingerprint density at radius 3 is 2.36 bits per heavy atom. The lowest BCUT2D eigenvalue weighted by atomic mass is 9.88. The Balaban J connectivity index is 3.59. The average molecular weight is 156 g/mol. The minimum atomic E-state index is 0.618. The predicted molar refractivity (Wildman–Crippen MR) is 48.5 cm³/mol. The lowest BCUT2D eigenvalue weighted by Gasteiger charge is -2.17. The van der Waals surface area contributed by atoms with E-state index in [4.69, 9.17) is 0 Å². The van der Waals surface area contributed by atoms with Crippen LogP contribution < -0.4 is 0 Å². The van der Waals surface area contributed by atoms with E-state index in [9.17, 15) is 4.79 Å². The van der Waals surface area contributed by atoms with Crippen LogP contribution >= 0.6 is 0 Å². The first-order chi connectivity index (χ1) is 5.22. The maximum absolute atomic E-state index is 10.3. The van der Waals surface area contributed by atoms with Gasteiger partial charge in [0.05, 0.1) is 0 Å². The maximum Gasteiger partial charge on any atom is 0.120 e. The average Bonchev–Trinajstić information content (AvgIpc) is 1.97. The highest BCUT2D eigenvalue weighted by molar-refractivity contribution is 5.49. The standard InChI is InChI=1S/C10H20O/c1-4-5-6-10(7-8-11)9(2)3/h8-10H,4-7H2,1-3H3. The third-order valence-corrected chi connectivity index (χ3v) is 2.27. The summed E-state index contributed by atoms with van der Waals surface area (Å²) < 4.78 is 0. The number of carbonyl (C=O) groups is 1. The summed E-state index contributed by atoms with van der Waals surface area (Å²) in [6, 6.07) is 0. The van der Waals surface area contributed by atoms with Crippen molar-refractivity contribution in [3.63, 3.8) is 0 Å². The van der Waals surface area contributed by atoms with E-state index in [0.29, 0.717) is 11.8 Å². The molecule has 1 unspecified atom stereocenters. The zero-order valence-electron chi connectivity index (χ0n) is 7.97. The van der Waals surface area contributed by atoms with E-state index >= 15 is 0 Å². The molecule has 0 fully saturated rings. The summed E-state index contributed by atoms with van der Waals surface area (Å²) >= 11 is 0. The fourth-order valence-corrected chi connectivity index (χ4v) is 1.31. The molecule has 1 heteroatoms. The van der Waals surface area contributed by atoms with Gasteiger partial charge in [0, 0.05) is 6.42 Å². The fourth-order valence-electron chi connectivity index (χ4n) is 1.31. The molecular formula is C10H20O. The smallest absolute Gasteiger partial charge is 0.120 e. The van der Waals surface area contributed by atoms with Gasteiger partial charge < -0.3 is 4.79 Å². The second kappa shape index (κ2) is 6.38. The molecule has 0 N–H and O–H groups in total. The molecule has 0 aromatic heterocycles. The predicted octanol–water partition coefficient (Wildman–Crippen LogP) is 3.04. The molecule has 0 heterocycles. The van der Waals surface area contributed by atoms with Gasteiger partial charge >= 0.3 is 0 Å². The number of rotatable bonds is 6. The van der Waals surface area contributed by atoms with Gasteiger partial charge in [0.1, 0.15) is 6.29 Å². The minimum absolute atomic E-state index is 0.618. The Labute approximate surface area is 70.2 Å². The lowest BCUT2D eigenvalue weighted by Crippen LogP contribution is -2.08. The van der Waals surface area contributed by atoms with Crippen molar-refractivity contribution in [1.82, 2.24) is 0 Å². The lowest BCUT2D eigenvalue weighted by molar-refractivity contribution is -0.109. The normalized spacial score (nSPS) is 13.5. The van der Waals surface area contributed by atoms with Crippen LogP contribution in [0.15, 0.2) is 0 Å². The van der Waals surface area contributed by atoms with Gasteiger partial charge in [-0.25, -0.2) is 0 Å². The summed E-state index contributed by atoms with van der Waals surface area (Å²) in [4.78, 5) is 10.3. The molecule has 0 amide bonds. The van der Waals surface area contributed by atoms with Gasteiger partial charge in [-0.3, -0.25) is 0 Å². The Morgan fingerprint density at radius 2 is 2.00 bits per heavy atom. The molecule has 66 valence electrons. The number of aldehydes is 1. The summed E-state index contributed by atoms with van der Waals surface area (Å²) in [6.07, 6.45) is 5.52. The maximum atomic E-state index is 10.3. The van der Waals surface area contributed by atoms with E-state index < -0.39 is 0 Å². The van der Waals surface area contributed by atoms with Gasteiger partial charge in [-0.05, 0) is 18.3 Å². The molecule has 0 spiro atoms. The zero-order valence-corrected chi connectivity index (χ0v) is 7.97. The SMILES string of the molecule is CCCCC(CC=O)C(C)C. The van der Waals surface area contributed by atoms with Crippen molar-refractivity contribution in [1.29, 1.82) is 0 Å². The van der Waals surface area contributed by atoms with Crippen LogP contribution in [0.2, 0.25) is 0 Å². The summed E-state index contributed by atoms with van der Waals surface area (Å²) in [5, 5.41) is 0. The molecule has 1 atom stereocenters. The van der Waals surface area contributed by atoms with Gasteiger partial charge in [-0.15, -0.1) is 0 Å². The first-order valence-electron chi connectivity index (χ1n) is 4.66. The molecule has 0 bridgehead atoms. The first-order valence-corrected chi connectivity index (χ1v) is 4.66. The number of unbranched alkanes of at least 4 members (excludes halogenated alkanes) is 1. The van der Waals surface area contributed by atoms with Crippen LogP contribution in [0.4, 0.5) is 0 Å². The Bertz CT molecular complexity index is 97.0. The molecule has 0 saturated heterocycles. The molecule has 0 aromatic rings. The third kappa shape index (κ3) is 5.00. The molecule has 0 radical (unpaired) electrons. The van der Waals surface area contributed by atoms with E-state index in [1.807, 2.05) is 0 Å². The second-order valence-electron chi connectivity index (χ2n) is 3.55. The molecule has 1 nitrogen and oxygen atoms in total. The monoisotopic (exact) mass is 156 g/mol. The van der Waals surface area contributed by atoms with Crippen LogP contribution in [-0.2, 0) is 4.79 Å².